The number of nitrogens with one attached hydrogen (secondary N) is 1. The molecule has 0 saturated carbocycles. The Morgan fingerprint density at radius 2 is 2.00 bits per heavy atom. The molecular formula is C17H26N2. The molecule has 0 atom stereocenters. The highest BCUT2D eigenvalue weighted by molar-refractivity contribution is 5.23. The van der Waals surface area contributed by atoms with Crippen LogP contribution in [0.5, 0.6) is 0 Å². The normalized spacial score (nSPS) is 10.6. The predicted molar refractivity (Wildman–Crippen MR) is 82.8 cm³/mol. The molecule has 1 aromatic rings. The van der Waals surface area contributed by atoms with E-state index >= 15 is 0 Å². The Labute approximate surface area is 118 Å². The predicted octanol–water partition coefficient (Wildman–Crippen LogP) is 3.03. The second-order valence-corrected chi connectivity index (χ2v) is 4.91. The van der Waals surface area contributed by atoms with Crippen LogP contribution in [-0.2, 0) is 13.1 Å². The molecule has 0 aliphatic heterocycles. The molecule has 0 unspecified atom stereocenters. The van der Waals surface area contributed by atoms with Crippen LogP contribution in [0.25, 0.3) is 0 Å². The first-order valence-electron chi connectivity index (χ1n) is 7.24. The molecule has 0 saturated heterocycles. The summed E-state index contributed by atoms with van der Waals surface area (Å²) in [4.78, 5) is 2.32. The monoisotopic (exact) mass is 258 g/mol. The van der Waals surface area contributed by atoms with Crippen LogP contribution in [0.4, 0.5) is 0 Å². The van der Waals surface area contributed by atoms with Crippen molar-refractivity contribution in [3.8, 4) is 12.3 Å². The average molecular weight is 258 g/mol. The number of benzene rings is 1. The quantitative estimate of drug-likeness (QED) is 0.541. The fraction of sp³-hybridized carbons (Fsp3) is 0.529. The summed E-state index contributed by atoms with van der Waals surface area (Å²) < 4.78 is 0. The Morgan fingerprint density at radius 3 is 2.68 bits per heavy atom. The second-order valence-electron chi connectivity index (χ2n) is 4.91. The number of hydrogen-bond donors (Lipinski definition) is 1. The van der Waals surface area contributed by atoms with E-state index in [1.54, 1.807) is 0 Å². The molecule has 0 radical (unpaired) electrons. The lowest BCUT2D eigenvalue weighted by molar-refractivity contribution is 0.299. The van der Waals surface area contributed by atoms with Gasteiger partial charge in [-0.1, -0.05) is 44.0 Å². The minimum Gasteiger partial charge on any atom is -0.313 e. The second kappa shape index (κ2) is 9.61. The Kier molecular flexibility index (Phi) is 7.97. The van der Waals surface area contributed by atoms with E-state index in [-0.39, 0.29) is 0 Å². The van der Waals surface area contributed by atoms with Gasteiger partial charge < -0.3 is 5.32 Å². The highest BCUT2D eigenvalue weighted by Gasteiger charge is 2.04. The molecule has 0 spiro atoms. The van der Waals surface area contributed by atoms with Crippen molar-refractivity contribution in [3.63, 3.8) is 0 Å². The number of terminal acetylenes is 1. The third-order valence-corrected chi connectivity index (χ3v) is 3.01. The van der Waals surface area contributed by atoms with Gasteiger partial charge in [-0.3, -0.25) is 4.90 Å². The van der Waals surface area contributed by atoms with Gasteiger partial charge in [0, 0.05) is 13.1 Å². The fourth-order valence-electron chi connectivity index (χ4n) is 2.17. The van der Waals surface area contributed by atoms with Gasteiger partial charge in [0.2, 0.25) is 0 Å². The molecule has 2 nitrogen and oxygen atoms in total. The molecule has 1 rings (SSSR count). The molecule has 1 aromatic carbocycles. The Hall–Kier alpha value is -1.30. The Morgan fingerprint density at radius 1 is 1.21 bits per heavy atom. The molecule has 0 bridgehead atoms. The topological polar surface area (TPSA) is 15.3 Å². The highest BCUT2D eigenvalue weighted by Crippen LogP contribution is 2.09. The molecule has 19 heavy (non-hydrogen) atoms. The van der Waals surface area contributed by atoms with Gasteiger partial charge >= 0.3 is 0 Å². The smallest absolute Gasteiger partial charge is 0.0601 e. The molecule has 0 fully saturated rings. The minimum atomic E-state index is 0.728. The van der Waals surface area contributed by atoms with Gasteiger partial charge in [-0.25, -0.2) is 0 Å². The summed E-state index contributed by atoms with van der Waals surface area (Å²) in [5, 5.41) is 3.44. The van der Waals surface area contributed by atoms with E-state index in [1.165, 1.54) is 17.5 Å². The van der Waals surface area contributed by atoms with Gasteiger partial charge in [0.15, 0.2) is 0 Å². The third kappa shape index (κ3) is 6.42. The van der Waals surface area contributed by atoms with Gasteiger partial charge in [0.05, 0.1) is 6.54 Å². The third-order valence-electron chi connectivity index (χ3n) is 3.01. The van der Waals surface area contributed by atoms with Gasteiger partial charge in [-0.15, -0.1) is 6.42 Å². The summed E-state index contributed by atoms with van der Waals surface area (Å²) in [6.45, 7) is 9.13. The van der Waals surface area contributed by atoms with E-state index in [4.69, 9.17) is 6.42 Å². The standard InChI is InChI=1S/C17H26N2/c1-4-10-18-14-16-8-7-9-17(13-16)15-19(11-5-2)12-6-3/h2,7-9,13,18H,4,6,10-12,14-15H2,1,3H3. The van der Waals surface area contributed by atoms with Gasteiger partial charge in [0.25, 0.3) is 0 Å². The summed E-state index contributed by atoms with van der Waals surface area (Å²) in [7, 11) is 0. The van der Waals surface area contributed by atoms with Gasteiger partial charge in [0.1, 0.15) is 0 Å². The number of rotatable bonds is 9. The van der Waals surface area contributed by atoms with Gasteiger partial charge in [-0.05, 0) is 37.1 Å². The summed E-state index contributed by atoms with van der Waals surface area (Å²) in [5.74, 6) is 2.74. The van der Waals surface area contributed by atoms with Crippen molar-refractivity contribution in [1.29, 1.82) is 0 Å². The average Bonchev–Trinajstić information content (AvgIpc) is 2.40. The van der Waals surface area contributed by atoms with E-state index in [1.807, 2.05) is 0 Å². The zero-order valence-electron chi connectivity index (χ0n) is 12.3. The number of nitrogens with zero attached hydrogens (tertiary/aromatic N) is 1. The molecular weight excluding hydrogens is 232 g/mol. The first-order chi connectivity index (χ1) is 9.30. The summed E-state index contributed by atoms with van der Waals surface area (Å²) in [6, 6.07) is 8.78. The van der Waals surface area contributed by atoms with Crippen molar-refractivity contribution in [1.82, 2.24) is 10.2 Å². The maximum atomic E-state index is 5.42. The van der Waals surface area contributed by atoms with Crippen molar-refractivity contribution in [3.05, 3.63) is 35.4 Å². The zero-order chi connectivity index (χ0) is 13.9. The van der Waals surface area contributed by atoms with Crippen LogP contribution in [0.15, 0.2) is 24.3 Å². The van der Waals surface area contributed by atoms with Crippen LogP contribution >= 0.6 is 0 Å². The molecule has 0 heterocycles. The van der Waals surface area contributed by atoms with E-state index in [0.717, 1.165) is 39.1 Å². The van der Waals surface area contributed by atoms with Crippen molar-refractivity contribution in [2.24, 2.45) is 0 Å². The summed E-state index contributed by atoms with van der Waals surface area (Å²) >= 11 is 0. The minimum absolute atomic E-state index is 0.728. The van der Waals surface area contributed by atoms with Crippen LogP contribution in [0.1, 0.15) is 37.8 Å². The van der Waals surface area contributed by atoms with E-state index in [9.17, 15) is 0 Å². The molecule has 0 aromatic heterocycles. The highest BCUT2D eigenvalue weighted by atomic mass is 15.1. The molecule has 0 aliphatic rings. The van der Waals surface area contributed by atoms with E-state index in [0.29, 0.717) is 0 Å². The molecule has 0 aliphatic carbocycles. The van der Waals surface area contributed by atoms with Crippen molar-refractivity contribution < 1.29 is 0 Å². The zero-order valence-corrected chi connectivity index (χ0v) is 12.3. The lowest BCUT2D eigenvalue weighted by Gasteiger charge is -2.19. The fourth-order valence-corrected chi connectivity index (χ4v) is 2.17. The van der Waals surface area contributed by atoms with E-state index in [2.05, 4.69) is 54.3 Å². The SMILES string of the molecule is C#CCN(CCC)Cc1cccc(CNCCC)c1. The van der Waals surface area contributed by atoms with Crippen LogP contribution in [0.3, 0.4) is 0 Å². The largest absolute Gasteiger partial charge is 0.313 e. The molecule has 0 amide bonds. The van der Waals surface area contributed by atoms with Crippen molar-refractivity contribution in [2.45, 2.75) is 39.8 Å². The van der Waals surface area contributed by atoms with Crippen LogP contribution < -0.4 is 5.32 Å². The Bertz CT molecular complexity index is 392. The van der Waals surface area contributed by atoms with Crippen LogP contribution in [0, 0.1) is 12.3 Å². The number of hydrogen-bond acceptors (Lipinski definition) is 2. The van der Waals surface area contributed by atoms with Gasteiger partial charge in [-0.2, -0.15) is 0 Å². The lowest BCUT2D eigenvalue weighted by Crippen LogP contribution is -2.24. The van der Waals surface area contributed by atoms with E-state index < -0.39 is 0 Å². The molecule has 2 heteroatoms. The van der Waals surface area contributed by atoms with Crippen LogP contribution in [0.2, 0.25) is 0 Å². The summed E-state index contributed by atoms with van der Waals surface area (Å²) in [5.41, 5.74) is 2.70. The molecule has 1 N–H and O–H groups in total. The maximum Gasteiger partial charge on any atom is 0.0601 e. The summed E-state index contributed by atoms with van der Waals surface area (Å²) in [6.07, 6.45) is 7.73. The molecule has 104 valence electrons. The van der Waals surface area contributed by atoms with Crippen molar-refractivity contribution >= 4 is 0 Å². The van der Waals surface area contributed by atoms with Crippen molar-refractivity contribution in [2.75, 3.05) is 19.6 Å². The first-order valence-corrected chi connectivity index (χ1v) is 7.24. The van der Waals surface area contributed by atoms with Crippen LogP contribution in [-0.4, -0.2) is 24.5 Å². The Balaban J connectivity index is 2.57. The maximum absolute atomic E-state index is 5.42. The first kappa shape index (κ1) is 15.8. The lowest BCUT2D eigenvalue weighted by atomic mass is 10.1.